The number of sulfonamides is 1. The van der Waals surface area contributed by atoms with Crippen molar-refractivity contribution in [2.24, 2.45) is 5.10 Å². The van der Waals surface area contributed by atoms with Crippen LogP contribution in [0.15, 0.2) is 88.9 Å². The summed E-state index contributed by atoms with van der Waals surface area (Å²) in [5, 5.41) is 6.50. The second-order valence-corrected chi connectivity index (χ2v) is 10.6. The molecule has 0 radical (unpaired) electrons. The number of nitrogens with zero attached hydrogens (tertiary/aromatic N) is 2. The molecule has 40 heavy (non-hydrogen) atoms. The smallest absolute Gasteiger partial charge is 0.416 e. The maximum Gasteiger partial charge on any atom is 0.416 e. The SMILES string of the molecule is CC(C)NC(=O)COc1ccc(/C=N\NC(=O)CN(c2cccc(C(F)(F)F)c2)S(=O)(=O)c2ccccc2)cc1. The molecule has 0 aromatic heterocycles. The van der Waals surface area contributed by atoms with Crippen molar-refractivity contribution in [2.75, 3.05) is 17.5 Å². The van der Waals surface area contributed by atoms with E-state index in [0.717, 1.165) is 12.1 Å². The molecule has 0 atom stereocenters. The fourth-order valence-electron chi connectivity index (χ4n) is 3.38. The Balaban J connectivity index is 1.71. The molecule has 13 heteroatoms. The number of anilines is 1. The average Bonchev–Trinajstić information content (AvgIpc) is 2.91. The maximum atomic E-state index is 13.3. The Morgan fingerprint density at radius 1 is 0.975 bits per heavy atom. The lowest BCUT2D eigenvalue weighted by atomic mass is 10.2. The largest absolute Gasteiger partial charge is 0.484 e. The third-order valence-electron chi connectivity index (χ3n) is 5.18. The van der Waals surface area contributed by atoms with E-state index in [1.807, 2.05) is 13.8 Å². The molecule has 3 rings (SSSR count). The first-order valence-corrected chi connectivity index (χ1v) is 13.4. The molecule has 0 unspecified atom stereocenters. The van der Waals surface area contributed by atoms with Crippen molar-refractivity contribution < 1.29 is 35.9 Å². The lowest BCUT2D eigenvalue weighted by Gasteiger charge is -2.24. The number of carbonyl (C=O) groups excluding carboxylic acids is 2. The Hall–Kier alpha value is -4.39. The zero-order chi connectivity index (χ0) is 29.3. The molecule has 9 nitrogen and oxygen atoms in total. The lowest BCUT2D eigenvalue weighted by Crippen LogP contribution is -2.39. The summed E-state index contributed by atoms with van der Waals surface area (Å²) in [5.41, 5.74) is 1.34. The van der Waals surface area contributed by atoms with E-state index in [1.165, 1.54) is 36.5 Å². The van der Waals surface area contributed by atoms with Gasteiger partial charge in [-0.1, -0.05) is 24.3 Å². The van der Waals surface area contributed by atoms with Crippen molar-refractivity contribution >= 4 is 33.7 Å². The molecule has 0 bridgehead atoms. The highest BCUT2D eigenvalue weighted by Crippen LogP contribution is 2.33. The fraction of sp³-hybridized carbons (Fsp3) is 0.222. The van der Waals surface area contributed by atoms with Gasteiger partial charge >= 0.3 is 6.18 Å². The van der Waals surface area contributed by atoms with Crippen LogP contribution < -0.4 is 19.8 Å². The van der Waals surface area contributed by atoms with Crippen LogP contribution in [-0.4, -0.2) is 45.6 Å². The van der Waals surface area contributed by atoms with E-state index >= 15 is 0 Å². The molecule has 0 spiro atoms. The Labute approximate surface area is 229 Å². The average molecular weight is 577 g/mol. The summed E-state index contributed by atoms with van der Waals surface area (Å²) in [6.45, 7) is 2.67. The molecule has 3 aromatic carbocycles. The monoisotopic (exact) mass is 576 g/mol. The maximum absolute atomic E-state index is 13.3. The minimum absolute atomic E-state index is 0.0134. The van der Waals surface area contributed by atoms with Gasteiger partial charge in [-0.15, -0.1) is 0 Å². The molecule has 0 fully saturated rings. The molecule has 0 saturated carbocycles. The molecule has 2 N–H and O–H groups in total. The normalized spacial score (nSPS) is 11.8. The van der Waals surface area contributed by atoms with E-state index in [1.54, 1.807) is 30.3 Å². The van der Waals surface area contributed by atoms with Gasteiger partial charge in [-0.2, -0.15) is 18.3 Å². The second-order valence-electron chi connectivity index (χ2n) is 8.75. The summed E-state index contributed by atoms with van der Waals surface area (Å²) in [7, 11) is -4.40. The number of benzene rings is 3. The molecule has 0 aliphatic rings. The number of rotatable bonds is 11. The second kappa shape index (κ2) is 13.1. The quantitative estimate of drug-likeness (QED) is 0.265. The first kappa shape index (κ1) is 30.2. The Morgan fingerprint density at radius 3 is 2.27 bits per heavy atom. The van der Waals surface area contributed by atoms with Gasteiger partial charge in [0.05, 0.1) is 22.4 Å². The molecule has 3 aromatic rings. The third-order valence-corrected chi connectivity index (χ3v) is 6.97. The molecular formula is C27H27F3N4O5S. The summed E-state index contributed by atoms with van der Waals surface area (Å²) in [6.07, 6.45) is -3.43. The molecule has 0 aliphatic carbocycles. The zero-order valence-electron chi connectivity index (χ0n) is 21.6. The van der Waals surface area contributed by atoms with E-state index in [4.69, 9.17) is 4.74 Å². The van der Waals surface area contributed by atoms with Gasteiger partial charge in [0.25, 0.3) is 21.8 Å². The number of amides is 2. The van der Waals surface area contributed by atoms with Crippen LogP contribution in [0.2, 0.25) is 0 Å². The lowest BCUT2D eigenvalue weighted by molar-refractivity contribution is -0.137. The Bertz CT molecular complexity index is 1440. The van der Waals surface area contributed by atoms with Crippen molar-refractivity contribution in [1.29, 1.82) is 0 Å². The van der Waals surface area contributed by atoms with Crippen molar-refractivity contribution in [3.63, 3.8) is 0 Å². The van der Waals surface area contributed by atoms with Crippen LogP contribution in [0.3, 0.4) is 0 Å². The third kappa shape index (κ3) is 8.56. The first-order valence-electron chi connectivity index (χ1n) is 12.0. The van der Waals surface area contributed by atoms with Crippen LogP contribution >= 0.6 is 0 Å². The summed E-state index contributed by atoms with van der Waals surface area (Å²) in [6, 6.07) is 17.1. The topological polar surface area (TPSA) is 117 Å². The highest BCUT2D eigenvalue weighted by atomic mass is 32.2. The molecule has 0 heterocycles. The number of hydrogen-bond donors (Lipinski definition) is 2. The summed E-state index contributed by atoms with van der Waals surface area (Å²) in [5.74, 6) is -0.718. The van der Waals surface area contributed by atoms with E-state index in [0.29, 0.717) is 21.7 Å². The minimum atomic E-state index is -4.72. The van der Waals surface area contributed by atoms with Gasteiger partial charge in [-0.3, -0.25) is 13.9 Å². The van der Waals surface area contributed by atoms with Crippen molar-refractivity contribution in [1.82, 2.24) is 10.7 Å². The highest BCUT2D eigenvalue weighted by molar-refractivity contribution is 7.92. The minimum Gasteiger partial charge on any atom is -0.484 e. The van der Waals surface area contributed by atoms with Crippen LogP contribution in [0, 0.1) is 0 Å². The number of halogens is 3. The van der Waals surface area contributed by atoms with E-state index in [2.05, 4.69) is 15.8 Å². The van der Waals surface area contributed by atoms with Gasteiger partial charge in [0, 0.05) is 6.04 Å². The van der Waals surface area contributed by atoms with Crippen LogP contribution in [0.1, 0.15) is 25.0 Å². The predicted octanol–water partition coefficient (Wildman–Crippen LogP) is 3.95. The predicted molar refractivity (Wildman–Crippen MR) is 143 cm³/mol. The van der Waals surface area contributed by atoms with Gasteiger partial charge in [0.15, 0.2) is 6.61 Å². The highest BCUT2D eigenvalue weighted by Gasteiger charge is 2.33. The number of hydrogen-bond acceptors (Lipinski definition) is 6. The van der Waals surface area contributed by atoms with E-state index in [-0.39, 0.29) is 29.1 Å². The summed E-state index contributed by atoms with van der Waals surface area (Å²) in [4.78, 5) is 24.1. The van der Waals surface area contributed by atoms with E-state index < -0.39 is 34.2 Å². The Kier molecular flexibility index (Phi) is 9.88. The van der Waals surface area contributed by atoms with Crippen LogP contribution in [-0.2, 0) is 25.8 Å². The van der Waals surface area contributed by atoms with Gasteiger partial charge in [0.1, 0.15) is 12.3 Å². The summed E-state index contributed by atoms with van der Waals surface area (Å²) < 4.78 is 72.5. The summed E-state index contributed by atoms with van der Waals surface area (Å²) >= 11 is 0. The van der Waals surface area contributed by atoms with Crippen LogP contribution in [0.5, 0.6) is 5.75 Å². The van der Waals surface area contributed by atoms with Gasteiger partial charge < -0.3 is 10.1 Å². The molecular weight excluding hydrogens is 549 g/mol. The molecule has 0 saturated heterocycles. The van der Waals surface area contributed by atoms with Crippen molar-refractivity contribution in [2.45, 2.75) is 31.0 Å². The fourth-order valence-corrected chi connectivity index (χ4v) is 4.81. The number of ether oxygens (including phenoxy) is 1. The van der Waals surface area contributed by atoms with Gasteiger partial charge in [-0.25, -0.2) is 13.8 Å². The first-order chi connectivity index (χ1) is 18.9. The van der Waals surface area contributed by atoms with Crippen molar-refractivity contribution in [3.05, 3.63) is 90.0 Å². The molecule has 212 valence electrons. The van der Waals surface area contributed by atoms with E-state index in [9.17, 15) is 31.2 Å². The zero-order valence-corrected chi connectivity index (χ0v) is 22.4. The molecule has 0 aliphatic heterocycles. The van der Waals surface area contributed by atoms with Crippen LogP contribution in [0.25, 0.3) is 0 Å². The number of hydrazone groups is 1. The van der Waals surface area contributed by atoms with Crippen LogP contribution in [0.4, 0.5) is 18.9 Å². The number of alkyl halides is 3. The number of carbonyl (C=O) groups is 2. The van der Waals surface area contributed by atoms with Gasteiger partial charge in [0.2, 0.25) is 0 Å². The molecule has 2 amide bonds. The standard InChI is InChI=1S/C27H27F3N4O5S/c1-19(2)32-26(36)18-39-23-13-11-20(12-14-23)16-31-33-25(35)17-34(40(37,38)24-9-4-3-5-10-24)22-8-6-7-21(15-22)27(28,29)30/h3-16,19H,17-18H2,1-2H3,(H,32,36)(H,33,35)/b31-16-. The number of nitrogens with one attached hydrogen (secondary N) is 2. The Morgan fingerprint density at radius 2 is 1.65 bits per heavy atom. The van der Waals surface area contributed by atoms with Gasteiger partial charge in [-0.05, 0) is 74.0 Å². The van der Waals surface area contributed by atoms with Crippen molar-refractivity contribution in [3.8, 4) is 5.75 Å².